The quantitative estimate of drug-likeness (QED) is 0.575. The predicted molar refractivity (Wildman–Crippen MR) is 55.1 cm³/mol. The molecule has 66 valence electrons. The lowest BCUT2D eigenvalue weighted by Gasteiger charge is -2.12. The van der Waals surface area contributed by atoms with E-state index in [1.807, 2.05) is 12.2 Å². The van der Waals surface area contributed by atoms with E-state index in [2.05, 4.69) is 13.2 Å². The third kappa shape index (κ3) is 2.37. The van der Waals surface area contributed by atoms with Crippen LogP contribution in [0.5, 0.6) is 0 Å². The van der Waals surface area contributed by atoms with Crippen molar-refractivity contribution < 1.29 is 0 Å². The van der Waals surface area contributed by atoms with Gasteiger partial charge in [-0.25, -0.2) is 0 Å². The maximum atomic E-state index is 3.85. The molecule has 0 amide bonds. The van der Waals surface area contributed by atoms with Crippen LogP contribution in [0.1, 0.15) is 38.5 Å². The fourth-order valence-corrected chi connectivity index (χ4v) is 1.77. The highest BCUT2D eigenvalue weighted by atomic mass is 14.1. The summed E-state index contributed by atoms with van der Waals surface area (Å²) in [5.74, 6) is 0. The fourth-order valence-electron chi connectivity index (χ4n) is 1.77. The van der Waals surface area contributed by atoms with Gasteiger partial charge in [0.25, 0.3) is 0 Å². The summed E-state index contributed by atoms with van der Waals surface area (Å²) in [5, 5.41) is 0. The zero-order valence-corrected chi connectivity index (χ0v) is 7.81. The van der Waals surface area contributed by atoms with Crippen LogP contribution >= 0.6 is 0 Å². The second-order valence-corrected chi connectivity index (χ2v) is 3.37. The van der Waals surface area contributed by atoms with Crippen molar-refractivity contribution in [1.82, 2.24) is 0 Å². The number of allylic oxidation sites excluding steroid dienone is 4. The topological polar surface area (TPSA) is 0 Å². The molecule has 0 nitrogen and oxygen atoms in total. The molecule has 0 saturated heterocycles. The Bertz CT molecular complexity index is 174. The minimum absolute atomic E-state index is 1.20. The molecule has 1 rings (SSSR count). The molecule has 0 fully saturated rings. The lowest BCUT2D eigenvalue weighted by Crippen LogP contribution is -1.93. The maximum Gasteiger partial charge on any atom is -0.0276 e. The molecule has 0 N–H and O–H groups in total. The first-order valence-electron chi connectivity index (χ1n) is 4.85. The van der Waals surface area contributed by atoms with Crippen LogP contribution in [0.2, 0.25) is 0 Å². The molecule has 12 heavy (non-hydrogen) atoms. The molecule has 1 aliphatic carbocycles. The monoisotopic (exact) mass is 162 g/mol. The van der Waals surface area contributed by atoms with Crippen LogP contribution in [-0.4, -0.2) is 0 Å². The lowest BCUT2D eigenvalue weighted by atomic mass is 9.93. The Labute approximate surface area is 75.7 Å². The zero-order chi connectivity index (χ0) is 8.81. The maximum absolute atomic E-state index is 3.85. The van der Waals surface area contributed by atoms with E-state index in [0.717, 1.165) is 0 Å². The van der Waals surface area contributed by atoms with E-state index in [-0.39, 0.29) is 0 Å². The van der Waals surface area contributed by atoms with Crippen LogP contribution in [0.4, 0.5) is 0 Å². The molecule has 0 radical (unpaired) electrons. The summed E-state index contributed by atoms with van der Waals surface area (Å²) in [6.45, 7) is 7.70. The Balaban J connectivity index is 2.76. The van der Waals surface area contributed by atoms with E-state index in [1.54, 1.807) is 0 Å². The summed E-state index contributed by atoms with van der Waals surface area (Å²) >= 11 is 0. The first-order valence-corrected chi connectivity index (χ1v) is 4.85. The van der Waals surface area contributed by atoms with Crippen LogP contribution in [0.3, 0.4) is 0 Å². The van der Waals surface area contributed by atoms with Gasteiger partial charge in [0.15, 0.2) is 0 Å². The molecule has 0 saturated carbocycles. The van der Waals surface area contributed by atoms with Gasteiger partial charge in [-0.05, 0) is 36.8 Å². The third-order valence-electron chi connectivity index (χ3n) is 2.55. The van der Waals surface area contributed by atoms with Crippen LogP contribution < -0.4 is 0 Å². The minimum atomic E-state index is 1.20. The molecule has 0 aromatic rings. The molecule has 0 aromatic carbocycles. The summed E-state index contributed by atoms with van der Waals surface area (Å²) in [4.78, 5) is 0. The first kappa shape index (κ1) is 9.31. The Morgan fingerprint density at radius 3 is 1.50 bits per heavy atom. The highest BCUT2D eigenvalue weighted by Gasteiger charge is 2.04. The van der Waals surface area contributed by atoms with Gasteiger partial charge in [0.2, 0.25) is 0 Å². The first-order chi connectivity index (χ1) is 5.88. The van der Waals surface area contributed by atoms with Crippen molar-refractivity contribution in [2.75, 3.05) is 0 Å². The van der Waals surface area contributed by atoms with Gasteiger partial charge in [-0.15, -0.1) is 0 Å². The summed E-state index contributed by atoms with van der Waals surface area (Å²) in [6.07, 6.45) is 11.8. The highest BCUT2D eigenvalue weighted by molar-refractivity contribution is 5.31. The molecular weight excluding hydrogens is 144 g/mol. The fraction of sp³-hybridized carbons (Fsp3) is 0.500. The van der Waals surface area contributed by atoms with E-state index in [4.69, 9.17) is 0 Å². The molecule has 0 spiro atoms. The van der Waals surface area contributed by atoms with Gasteiger partial charge in [0.1, 0.15) is 0 Å². The summed E-state index contributed by atoms with van der Waals surface area (Å²) in [6, 6.07) is 0. The Hall–Kier alpha value is -0.780. The number of hydrogen-bond donors (Lipinski definition) is 0. The smallest absolute Gasteiger partial charge is 0.0276 e. The summed E-state index contributed by atoms with van der Waals surface area (Å²) < 4.78 is 0. The molecule has 0 bridgehead atoms. The van der Waals surface area contributed by atoms with Crippen molar-refractivity contribution in [3.63, 3.8) is 0 Å². The van der Waals surface area contributed by atoms with Gasteiger partial charge < -0.3 is 0 Å². The van der Waals surface area contributed by atoms with Crippen molar-refractivity contribution in [3.05, 3.63) is 36.5 Å². The Morgan fingerprint density at radius 2 is 1.17 bits per heavy atom. The number of hydrogen-bond acceptors (Lipinski definition) is 0. The van der Waals surface area contributed by atoms with Gasteiger partial charge in [0, 0.05) is 0 Å². The van der Waals surface area contributed by atoms with Crippen molar-refractivity contribution >= 4 is 0 Å². The second kappa shape index (κ2) is 4.97. The van der Waals surface area contributed by atoms with E-state index in [9.17, 15) is 0 Å². The van der Waals surface area contributed by atoms with Gasteiger partial charge >= 0.3 is 0 Å². The SMILES string of the molecule is C=C/C1=C(\C=C)CCCCCC1. The molecular formula is C12H18. The third-order valence-corrected chi connectivity index (χ3v) is 2.55. The molecule has 0 atom stereocenters. The standard InChI is InChI=1S/C12H18/c1-3-11-9-7-5-6-8-10-12(11)4-2/h3-4H,1-2,5-10H2/b12-11-. The van der Waals surface area contributed by atoms with Gasteiger partial charge in [-0.2, -0.15) is 0 Å². The predicted octanol–water partition coefficient (Wildman–Crippen LogP) is 4.01. The van der Waals surface area contributed by atoms with Crippen molar-refractivity contribution in [2.24, 2.45) is 0 Å². The van der Waals surface area contributed by atoms with Crippen molar-refractivity contribution in [3.8, 4) is 0 Å². The van der Waals surface area contributed by atoms with Crippen LogP contribution in [0.25, 0.3) is 0 Å². The van der Waals surface area contributed by atoms with Crippen LogP contribution in [-0.2, 0) is 0 Å². The second-order valence-electron chi connectivity index (χ2n) is 3.37. The average Bonchev–Trinajstić information content (AvgIpc) is 2.05. The van der Waals surface area contributed by atoms with E-state index in [0.29, 0.717) is 0 Å². The molecule has 0 aliphatic heterocycles. The average molecular weight is 162 g/mol. The molecule has 1 aliphatic rings. The Kier molecular flexibility index (Phi) is 3.86. The van der Waals surface area contributed by atoms with Gasteiger partial charge in [0.05, 0.1) is 0 Å². The number of rotatable bonds is 2. The van der Waals surface area contributed by atoms with Crippen LogP contribution in [0, 0.1) is 0 Å². The minimum Gasteiger partial charge on any atom is -0.0988 e. The van der Waals surface area contributed by atoms with E-state index in [1.165, 1.54) is 49.7 Å². The molecule has 0 aromatic heterocycles. The normalized spacial score (nSPS) is 25.7. The molecule has 0 heteroatoms. The lowest BCUT2D eigenvalue weighted by molar-refractivity contribution is 0.621. The summed E-state index contributed by atoms with van der Waals surface area (Å²) in [7, 11) is 0. The molecule has 0 unspecified atom stereocenters. The van der Waals surface area contributed by atoms with Crippen LogP contribution in [0.15, 0.2) is 36.5 Å². The van der Waals surface area contributed by atoms with Gasteiger partial charge in [-0.1, -0.05) is 38.2 Å². The largest absolute Gasteiger partial charge is 0.0988 e. The van der Waals surface area contributed by atoms with Crippen molar-refractivity contribution in [2.45, 2.75) is 38.5 Å². The Morgan fingerprint density at radius 1 is 0.750 bits per heavy atom. The van der Waals surface area contributed by atoms with E-state index < -0.39 is 0 Å². The zero-order valence-electron chi connectivity index (χ0n) is 7.81. The highest BCUT2D eigenvalue weighted by Crippen LogP contribution is 2.23. The van der Waals surface area contributed by atoms with Gasteiger partial charge in [-0.3, -0.25) is 0 Å². The van der Waals surface area contributed by atoms with E-state index >= 15 is 0 Å². The molecule has 0 heterocycles. The summed E-state index contributed by atoms with van der Waals surface area (Å²) in [5.41, 5.74) is 2.84. The van der Waals surface area contributed by atoms with Crippen molar-refractivity contribution in [1.29, 1.82) is 0 Å².